The average Bonchev–Trinajstić information content (AvgIpc) is 2.85. The number of benzene rings is 3. The van der Waals surface area contributed by atoms with Crippen molar-refractivity contribution < 1.29 is 9.72 Å². The van der Waals surface area contributed by atoms with Gasteiger partial charge in [-0.2, -0.15) is 0 Å². The molecule has 9 heteroatoms. The van der Waals surface area contributed by atoms with Crippen molar-refractivity contribution in [2.75, 3.05) is 32.7 Å². The largest absolute Gasteiger partial charge is 0.300 e. The van der Waals surface area contributed by atoms with Crippen molar-refractivity contribution in [2.24, 2.45) is 0 Å². The fourth-order valence-electron chi connectivity index (χ4n) is 4.31. The third-order valence-electron chi connectivity index (χ3n) is 6.13. The van der Waals surface area contributed by atoms with E-state index in [1.807, 2.05) is 18.2 Å². The highest BCUT2D eigenvalue weighted by Gasteiger charge is 2.26. The number of nitro benzene ring substituents is 1. The molecule has 6 nitrogen and oxygen atoms in total. The van der Waals surface area contributed by atoms with E-state index < -0.39 is 4.92 Å². The summed E-state index contributed by atoms with van der Waals surface area (Å²) in [6, 6.07) is 24.5. The normalized spacial score (nSPS) is 14.9. The zero-order valence-corrected chi connectivity index (χ0v) is 21.5. The third-order valence-corrected chi connectivity index (χ3v) is 6.38. The fourth-order valence-corrected chi connectivity index (χ4v) is 4.44. The van der Waals surface area contributed by atoms with Crippen LogP contribution in [0.5, 0.6) is 0 Å². The Bertz CT molecular complexity index is 1090. The van der Waals surface area contributed by atoms with Crippen molar-refractivity contribution in [3.63, 3.8) is 0 Å². The minimum absolute atomic E-state index is 0. The zero-order chi connectivity index (χ0) is 23.2. The van der Waals surface area contributed by atoms with E-state index in [1.54, 1.807) is 0 Å². The first-order valence-electron chi connectivity index (χ1n) is 11.1. The summed E-state index contributed by atoms with van der Waals surface area (Å²) < 4.78 is 0. The van der Waals surface area contributed by atoms with E-state index in [1.165, 1.54) is 35.4 Å². The van der Waals surface area contributed by atoms with Crippen LogP contribution in [0.3, 0.4) is 0 Å². The molecule has 0 spiro atoms. The SMILES string of the molecule is Cl.Cl.O=C(CCN1CCN(C(c2ccccc2)c2ccc(Cl)cc2)CC1)c1ccc([N+](=O)[O-])cc1. The number of nitrogens with zero attached hydrogens (tertiary/aromatic N) is 3. The maximum atomic E-state index is 12.5. The van der Waals surface area contributed by atoms with Crippen LogP contribution in [0.25, 0.3) is 0 Å². The van der Waals surface area contributed by atoms with E-state index in [-0.39, 0.29) is 42.3 Å². The summed E-state index contributed by atoms with van der Waals surface area (Å²) in [5, 5.41) is 11.5. The molecule has 1 saturated heterocycles. The molecule has 0 bridgehead atoms. The molecule has 1 fully saturated rings. The topological polar surface area (TPSA) is 66.7 Å². The van der Waals surface area contributed by atoms with Gasteiger partial charge in [-0.1, -0.05) is 54.1 Å². The lowest BCUT2D eigenvalue weighted by molar-refractivity contribution is -0.384. The zero-order valence-electron chi connectivity index (χ0n) is 19.1. The van der Waals surface area contributed by atoms with Gasteiger partial charge in [-0.25, -0.2) is 0 Å². The van der Waals surface area contributed by atoms with Gasteiger partial charge in [0.2, 0.25) is 0 Å². The van der Waals surface area contributed by atoms with E-state index in [0.717, 1.165) is 31.2 Å². The lowest BCUT2D eigenvalue weighted by Crippen LogP contribution is -2.48. The first kappa shape index (κ1) is 28.8. The van der Waals surface area contributed by atoms with Crippen molar-refractivity contribution in [2.45, 2.75) is 12.5 Å². The molecule has 0 aliphatic carbocycles. The first-order chi connectivity index (χ1) is 16.0. The Morgan fingerprint density at radius 1 is 0.857 bits per heavy atom. The molecule has 1 atom stereocenters. The van der Waals surface area contributed by atoms with Crippen molar-refractivity contribution in [1.29, 1.82) is 0 Å². The molecule has 35 heavy (non-hydrogen) atoms. The van der Waals surface area contributed by atoms with Crippen LogP contribution >= 0.6 is 36.4 Å². The van der Waals surface area contributed by atoms with Crippen LogP contribution in [0.4, 0.5) is 5.69 Å². The standard InChI is InChI=1S/C26H26ClN3O3.2ClH/c27-23-10-6-22(7-11-23)26(21-4-2-1-3-5-21)29-18-16-28(17-19-29)15-14-25(31)20-8-12-24(13-9-20)30(32)33;;/h1-13,26H,14-19H2;2*1H. The second-order valence-corrected chi connectivity index (χ2v) is 8.66. The van der Waals surface area contributed by atoms with Crippen LogP contribution in [-0.4, -0.2) is 53.2 Å². The molecule has 1 heterocycles. The van der Waals surface area contributed by atoms with Crippen LogP contribution < -0.4 is 0 Å². The summed E-state index contributed by atoms with van der Waals surface area (Å²) >= 11 is 6.12. The Balaban J connectivity index is 0.00000216. The third kappa shape index (κ3) is 7.50. The van der Waals surface area contributed by atoms with E-state index >= 15 is 0 Å². The van der Waals surface area contributed by atoms with Crippen molar-refractivity contribution in [3.8, 4) is 0 Å². The van der Waals surface area contributed by atoms with Crippen LogP contribution in [0, 0.1) is 10.1 Å². The molecule has 4 rings (SSSR count). The Morgan fingerprint density at radius 3 is 2.00 bits per heavy atom. The average molecular weight is 537 g/mol. The number of rotatable bonds is 8. The summed E-state index contributed by atoms with van der Waals surface area (Å²) in [7, 11) is 0. The number of carbonyl (C=O) groups excluding carboxylic acids is 1. The number of ketones is 1. The second-order valence-electron chi connectivity index (χ2n) is 8.22. The van der Waals surface area contributed by atoms with Crippen LogP contribution in [0.1, 0.15) is 33.9 Å². The lowest BCUT2D eigenvalue weighted by Gasteiger charge is -2.39. The van der Waals surface area contributed by atoms with Crippen LogP contribution in [0.15, 0.2) is 78.9 Å². The molecule has 0 aromatic heterocycles. The van der Waals surface area contributed by atoms with Gasteiger partial charge < -0.3 is 4.90 Å². The molecular weight excluding hydrogens is 509 g/mol. The van der Waals surface area contributed by atoms with Gasteiger partial charge in [0.15, 0.2) is 5.78 Å². The molecular formula is C26H28Cl3N3O3. The van der Waals surface area contributed by atoms with Gasteiger partial charge in [-0.05, 0) is 35.4 Å². The van der Waals surface area contributed by atoms with E-state index in [0.29, 0.717) is 18.5 Å². The summed E-state index contributed by atoms with van der Waals surface area (Å²) in [6.07, 6.45) is 0.400. The molecule has 186 valence electrons. The Labute approximate surface area is 222 Å². The van der Waals surface area contributed by atoms with Crippen molar-refractivity contribution in [1.82, 2.24) is 9.80 Å². The van der Waals surface area contributed by atoms with E-state index in [9.17, 15) is 14.9 Å². The van der Waals surface area contributed by atoms with E-state index in [2.05, 4.69) is 46.2 Å². The summed E-state index contributed by atoms with van der Waals surface area (Å²) in [6.45, 7) is 4.23. The van der Waals surface area contributed by atoms with Gasteiger partial charge in [0.1, 0.15) is 0 Å². The number of hydrogen-bond acceptors (Lipinski definition) is 5. The number of Topliss-reactive ketones (excluding diaryl/α,β-unsaturated/α-hetero) is 1. The van der Waals surface area contributed by atoms with Gasteiger partial charge in [0, 0.05) is 61.9 Å². The fraction of sp³-hybridized carbons (Fsp3) is 0.269. The Hall–Kier alpha value is -2.48. The molecule has 3 aromatic rings. The molecule has 1 unspecified atom stereocenters. The van der Waals surface area contributed by atoms with Crippen LogP contribution in [-0.2, 0) is 0 Å². The highest BCUT2D eigenvalue weighted by atomic mass is 35.5. The van der Waals surface area contributed by atoms with Gasteiger partial charge in [0.25, 0.3) is 5.69 Å². The van der Waals surface area contributed by atoms with Crippen molar-refractivity contribution in [3.05, 3.63) is 111 Å². The molecule has 1 aliphatic rings. The van der Waals surface area contributed by atoms with E-state index in [4.69, 9.17) is 11.6 Å². The number of halogens is 3. The quantitative estimate of drug-likeness (QED) is 0.198. The summed E-state index contributed by atoms with van der Waals surface area (Å²) in [5.74, 6) is 0.00986. The number of carbonyl (C=O) groups is 1. The van der Waals surface area contributed by atoms with Gasteiger partial charge >= 0.3 is 0 Å². The van der Waals surface area contributed by atoms with Gasteiger partial charge in [-0.15, -0.1) is 24.8 Å². The predicted molar refractivity (Wildman–Crippen MR) is 144 cm³/mol. The summed E-state index contributed by atoms with van der Waals surface area (Å²) in [4.78, 5) is 27.6. The number of nitro groups is 1. The lowest BCUT2D eigenvalue weighted by atomic mass is 9.96. The minimum atomic E-state index is -0.458. The highest BCUT2D eigenvalue weighted by molar-refractivity contribution is 6.30. The predicted octanol–water partition coefficient (Wildman–Crippen LogP) is 6.07. The molecule has 0 radical (unpaired) electrons. The molecule has 0 N–H and O–H groups in total. The molecule has 3 aromatic carbocycles. The maximum absolute atomic E-state index is 12.5. The second kappa shape index (κ2) is 13.6. The smallest absolute Gasteiger partial charge is 0.269 e. The first-order valence-corrected chi connectivity index (χ1v) is 11.4. The molecule has 1 aliphatic heterocycles. The Morgan fingerprint density at radius 2 is 1.43 bits per heavy atom. The van der Waals surface area contributed by atoms with Crippen molar-refractivity contribution >= 4 is 47.9 Å². The minimum Gasteiger partial charge on any atom is -0.300 e. The maximum Gasteiger partial charge on any atom is 0.269 e. The monoisotopic (exact) mass is 535 g/mol. The number of piperazine rings is 1. The molecule has 0 amide bonds. The molecule has 0 saturated carbocycles. The summed E-state index contributed by atoms with van der Waals surface area (Å²) in [5.41, 5.74) is 2.98. The number of non-ortho nitro benzene ring substituents is 1. The van der Waals surface area contributed by atoms with Crippen LogP contribution in [0.2, 0.25) is 5.02 Å². The number of hydrogen-bond donors (Lipinski definition) is 0. The highest BCUT2D eigenvalue weighted by Crippen LogP contribution is 2.30. The van der Waals surface area contributed by atoms with Gasteiger partial charge in [0.05, 0.1) is 11.0 Å². The van der Waals surface area contributed by atoms with Gasteiger partial charge in [-0.3, -0.25) is 19.8 Å². The Kier molecular flexibility index (Phi) is 11.1.